The Kier molecular flexibility index (Phi) is 3.98. The first kappa shape index (κ1) is 14.0. The minimum atomic E-state index is -0.492. The first-order valence-electron chi connectivity index (χ1n) is 6.30. The normalized spacial score (nSPS) is 10.9. The number of hydrogen-bond acceptors (Lipinski definition) is 5. The van der Waals surface area contributed by atoms with E-state index in [1.807, 2.05) is 20.8 Å². The monoisotopic (exact) mass is 271 g/mol. The number of carbonyl (C=O) groups excluding carboxylic acids is 1. The predicted octanol–water partition coefficient (Wildman–Crippen LogP) is 3.18. The Hall–Kier alpha value is -2.43. The second-order valence-corrected chi connectivity index (χ2v) is 5.29. The average Bonchev–Trinajstić information content (AvgIpc) is 2.39. The van der Waals surface area contributed by atoms with Gasteiger partial charge in [-0.2, -0.15) is 0 Å². The van der Waals surface area contributed by atoms with Crippen LogP contribution in [0.5, 0.6) is 0 Å². The van der Waals surface area contributed by atoms with Crippen LogP contribution in [-0.2, 0) is 4.74 Å². The van der Waals surface area contributed by atoms with Crippen molar-refractivity contribution in [2.24, 2.45) is 0 Å². The minimum Gasteiger partial charge on any atom is -0.456 e. The van der Waals surface area contributed by atoms with Crippen LogP contribution in [0.3, 0.4) is 0 Å². The van der Waals surface area contributed by atoms with Crippen LogP contribution in [0.25, 0.3) is 0 Å². The quantitative estimate of drug-likeness (QED) is 0.869. The van der Waals surface area contributed by atoms with Crippen molar-refractivity contribution in [3.63, 3.8) is 0 Å². The maximum absolute atomic E-state index is 11.9. The molecule has 1 heterocycles. The molecule has 0 saturated carbocycles. The molecule has 0 spiro atoms. The Balaban J connectivity index is 2.05. The lowest BCUT2D eigenvalue weighted by molar-refractivity contribution is 0.00696. The highest BCUT2D eigenvalue weighted by Gasteiger charge is 2.17. The number of ether oxygens (including phenoxy) is 1. The maximum Gasteiger partial charge on any atom is 0.338 e. The van der Waals surface area contributed by atoms with Gasteiger partial charge in [-0.1, -0.05) is 0 Å². The number of carbonyl (C=O) groups is 1. The molecule has 1 aromatic carbocycles. The molecular weight excluding hydrogens is 254 g/mol. The van der Waals surface area contributed by atoms with Crippen LogP contribution in [0.4, 0.5) is 11.5 Å². The molecule has 0 aliphatic carbocycles. The van der Waals surface area contributed by atoms with Gasteiger partial charge in [0.15, 0.2) is 0 Å². The van der Waals surface area contributed by atoms with E-state index in [0.29, 0.717) is 11.4 Å². The number of benzene rings is 1. The van der Waals surface area contributed by atoms with E-state index >= 15 is 0 Å². The highest BCUT2D eigenvalue weighted by Crippen LogP contribution is 2.17. The molecule has 0 bridgehead atoms. The minimum absolute atomic E-state index is 0.330. The van der Waals surface area contributed by atoms with Gasteiger partial charge in [-0.05, 0) is 45.0 Å². The van der Waals surface area contributed by atoms with E-state index in [1.165, 1.54) is 0 Å². The Morgan fingerprint density at radius 3 is 2.40 bits per heavy atom. The van der Waals surface area contributed by atoms with Crippen molar-refractivity contribution in [1.29, 1.82) is 0 Å². The van der Waals surface area contributed by atoms with Gasteiger partial charge in [0, 0.05) is 18.1 Å². The number of nitrogens with zero attached hydrogens (tertiary/aromatic N) is 2. The Bertz CT molecular complexity index is 574. The molecular formula is C15H17N3O2. The second-order valence-electron chi connectivity index (χ2n) is 5.29. The third kappa shape index (κ3) is 4.05. The molecule has 0 unspecified atom stereocenters. The number of hydrogen-bond donors (Lipinski definition) is 1. The zero-order valence-corrected chi connectivity index (χ0v) is 11.8. The lowest BCUT2D eigenvalue weighted by Gasteiger charge is -2.19. The zero-order chi connectivity index (χ0) is 14.6. The molecule has 1 N–H and O–H groups in total. The van der Waals surface area contributed by atoms with E-state index in [4.69, 9.17) is 4.74 Å². The molecule has 0 saturated heterocycles. The van der Waals surface area contributed by atoms with E-state index in [0.717, 1.165) is 5.69 Å². The molecule has 5 heteroatoms. The molecule has 0 aliphatic heterocycles. The molecule has 2 aromatic rings. The van der Waals surface area contributed by atoms with E-state index in [2.05, 4.69) is 15.3 Å². The Morgan fingerprint density at radius 2 is 1.85 bits per heavy atom. The summed E-state index contributed by atoms with van der Waals surface area (Å²) in [6, 6.07) is 7.03. The van der Waals surface area contributed by atoms with Crippen LogP contribution < -0.4 is 5.32 Å². The molecule has 0 fully saturated rings. The molecule has 0 radical (unpaired) electrons. The van der Waals surface area contributed by atoms with Crippen molar-refractivity contribution in [2.45, 2.75) is 26.4 Å². The number of anilines is 2. The molecule has 5 nitrogen and oxygen atoms in total. The first-order chi connectivity index (χ1) is 9.44. The molecule has 104 valence electrons. The Labute approximate surface area is 118 Å². The fraction of sp³-hybridized carbons (Fsp3) is 0.267. The molecule has 20 heavy (non-hydrogen) atoms. The summed E-state index contributed by atoms with van der Waals surface area (Å²) in [6.45, 7) is 5.53. The SMILES string of the molecule is CC(C)(C)OC(=O)c1ccc(Nc2cnccn2)cc1. The zero-order valence-electron chi connectivity index (χ0n) is 11.8. The van der Waals surface area contributed by atoms with Gasteiger partial charge in [-0.15, -0.1) is 0 Å². The largest absolute Gasteiger partial charge is 0.456 e. The highest BCUT2D eigenvalue weighted by atomic mass is 16.6. The fourth-order valence-corrected chi connectivity index (χ4v) is 1.54. The van der Waals surface area contributed by atoms with E-state index in [9.17, 15) is 4.79 Å². The summed E-state index contributed by atoms with van der Waals surface area (Å²) >= 11 is 0. The van der Waals surface area contributed by atoms with Crippen molar-refractivity contribution in [3.8, 4) is 0 Å². The molecule has 1 aromatic heterocycles. The average molecular weight is 271 g/mol. The van der Waals surface area contributed by atoms with Crippen LogP contribution in [0.1, 0.15) is 31.1 Å². The second kappa shape index (κ2) is 5.69. The summed E-state index contributed by atoms with van der Waals surface area (Å²) in [7, 11) is 0. The maximum atomic E-state index is 11.9. The van der Waals surface area contributed by atoms with E-state index < -0.39 is 5.60 Å². The summed E-state index contributed by atoms with van der Waals surface area (Å²) in [5.74, 6) is 0.320. The number of esters is 1. The van der Waals surface area contributed by atoms with Gasteiger partial charge < -0.3 is 10.1 Å². The summed E-state index contributed by atoms with van der Waals surface area (Å²) in [6.07, 6.45) is 4.84. The summed E-state index contributed by atoms with van der Waals surface area (Å²) < 4.78 is 5.30. The van der Waals surface area contributed by atoms with E-state index in [-0.39, 0.29) is 5.97 Å². The van der Waals surface area contributed by atoms with Crippen molar-refractivity contribution < 1.29 is 9.53 Å². The third-order valence-corrected chi connectivity index (χ3v) is 2.36. The van der Waals surface area contributed by atoms with Crippen LogP contribution in [-0.4, -0.2) is 21.5 Å². The first-order valence-corrected chi connectivity index (χ1v) is 6.30. The lowest BCUT2D eigenvalue weighted by Crippen LogP contribution is -2.23. The molecule has 0 atom stereocenters. The van der Waals surface area contributed by atoms with Crippen LogP contribution in [0.15, 0.2) is 42.9 Å². The summed E-state index contributed by atoms with van der Waals surface area (Å²) in [5.41, 5.74) is 0.857. The molecule has 0 amide bonds. The van der Waals surface area contributed by atoms with Crippen molar-refractivity contribution in [2.75, 3.05) is 5.32 Å². The van der Waals surface area contributed by atoms with Gasteiger partial charge in [0.1, 0.15) is 11.4 Å². The van der Waals surface area contributed by atoms with Gasteiger partial charge in [-0.3, -0.25) is 4.98 Å². The van der Waals surface area contributed by atoms with Crippen molar-refractivity contribution in [3.05, 3.63) is 48.4 Å². The number of aromatic nitrogens is 2. The summed E-state index contributed by atoms with van der Waals surface area (Å²) in [5, 5.41) is 3.09. The predicted molar refractivity (Wildman–Crippen MR) is 76.9 cm³/mol. The van der Waals surface area contributed by atoms with Crippen LogP contribution >= 0.6 is 0 Å². The number of nitrogens with one attached hydrogen (secondary N) is 1. The third-order valence-electron chi connectivity index (χ3n) is 2.36. The molecule has 0 aliphatic rings. The van der Waals surface area contributed by atoms with Gasteiger partial charge >= 0.3 is 5.97 Å². The highest BCUT2D eigenvalue weighted by molar-refractivity contribution is 5.90. The Morgan fingerprint density at radius 1 is 1.15 bits per heavy atom. The van der Waals surface area contributed by atoms with Gasteiger partial charge in [-0.25, -0.2) is 9.78 Å². The summed E-state index contributed by atoms with van der Waals surface area (Å²) in [4.78, 5) is 19.9. The molecule has 2 rings (SSSR count). The van der Waals surface area contributed by atoms with Gasteiger partial charge in [0.05, 0.1) is 11.8 Å². The van der Waals surface area contributed by atoms with Gasteiger partial charge in [0.2, 0.25) is 0 Å². The standard InChI is InChI=1S/C15H17N3O2/c1-15(2,3)20-14(19)11-4-6-12(7-5-11)18-13-10-16-8-9-17-13/h4-10H,1-3H3,(H,17,18). The van der Waals surface area contributed by atoms with Crippen molar-refractivity contribution in [1.82, 2.24) is 9.97 Å². The van der Waals surface area contributed by atoms with Gasteiger partial charge in [0.25, 0.3) is 0 Å². The van der Waals surface area contributed by atoms with Crippen LogP contribution in [0, 0.1) is 0 Å². The van der Waals surface area contributed by atoms with E-state index in [1.54, 1.807) is 42.9 Å². The van der Waals surface area contributed by atoms with Crippen molar-refractivity contribution >= 4 is 17.5 Å². The topological polar surface area (TPSA) is 64.1 Å². The fourth-order valence-electron chi connectivity index (χ4n) is 1.54. The lowest BCUT2D eigenvalue weighted by atomic mass is 10.1. The van der Waals surface area contributed by atoms with Crippen LogP contribution in [0.2, 0.25) is 0 Å². The number of rotatable bonds is 3. The smallest absolute Gasteiger partial charge is 0.338 e.